The van der Waals surface area contributed by atoms with Crippen molar-refractivity contribution in [1.82, 2.24) is 24.1 Å². The van der Waals surface area contributed by atoms with Crippen LogP contribution in [-0.4, -0.2) is 68.4 Å². The summed E-state index contributed by atoms with van der Waals surface area (Å²) in [6.45, 7) is 3.11. The first-order chi connectivity index (χ1) is 19.8. The molecule has 10 nitrogen and oxygen atoms in total. The van der Waals surface area contributed by atoms with E-state index in [2.05, 4.69) is 15.0 Å². The third-order valence-electron chi connectivity index (χ3n) is 7.76. The Hall–Kier alpha value is -4.42. The maximum absolute atomic E-state index is 15.4. The highest BCUT2D eigenvalue weighted by Crippen LogP contribution is 2.39. The summed E-state index contributed by atoms with van der Waals surface area (Å²) >= 11 is 1.12. The number of benzene rings is 2. The average molecular weight is 573 g/mol. The lowest BCUT2D eigenvalue weighted by Crippen LogP contribution is -2.44. The summed E-state index contributed by atoms with van der Waals surface area (Å²) in [5.41, 5.74) is 1.46. The van der Waals surface area contributed by atoms with Gasteiger partial charge < -0.3 is 19.5 Å². The lowest BCUT2D eigenvalue weighted by atomic mass is 10.1. The molecular weight excluding hydrogens is 547 g/mol. The zero-order valence-electron chi connectivity index (χ0n) is 22.1. The number of thiazole rings is 1. The molecule has 0 atom stereocenters. The quantitative estimate of drug-likeness (QED) is 0.342. The molecule has 5 aromatic rings. The van der Waals surface area contributed by atoms with E-state index in [1.54, 1.807) is 30.5 Å². The highest BCUT2D eigenvalue weighted by Gasteiger charge is 2.28. The number of nitrogens with zero attached hydrogens (tertiary/aromatic N) is 6. The van der Waals surface area contributed by atoms with Crippen molar-refractivity contribution in [2.45, 2.75) is 18.9 Å². The molecule has 0 unspecified atom stereocenters. The molecule has 0 bridgehead atoms. The summed E-state index contributed by atoms with van der Waals surface area (Å²) in [4.78, 5) is 46.9. The largest absolute Gasteiger partial charge is 0.478 e. The minimum atomic E-state index is -1.03. The normalized spacial score (nSPS) is 16.7. The molecule has 3 aromatic heterocycles. The van der Waals surface area contributed by atoms with Gasteiger partial charge in [0.15, 0.2) is 5.82 Å². The number of halogens is 1. The number of aromatic carboxylic acids is 1. The van der Waals surface area contributed by atoms with E-state index in [0.29, 0.717) is 39.4 Å². The molecule has 1 saturated carbocycles. The number of anilines is 1. The van der Waals surface area contributed by atoms with E-state index in [4.69, 9.17) is 5.11 Å². The number of pyridine rings is 1. The van der Waals surface area contributed by atoms with Crippen LogP contribution in [-0.2, 0) is 0 Å². The Bertz CT molecular complexity index is 2020. The molecule has 2 aliphatic rings. The van der Waals surface area contributed by atoms with Crippen molar-refractivity contribution in [3.8, 4) is 11.4 Å². The number of carbonyl (C=O) groups is 1. The van der Waals surface area contributed by atoms with Crippen LogP contribution in [0.3, 0.4) is 0 Å². The molecule has 0 spiro atoms. The third kappa shape index (κ3) is 4.49. The highest BCUT2D eigenvalue weighted by atomic mass is 32.1. The van der Waals surface area contributed by atoms with Gasteiger partial charge in [-0.15, -0.1) is 5.10 Å². The van der Waals surface area contributed by atoms with Crippen molar-refractivity contribution in [2.75, 3.05) is 38.1 Å². The van der Waals surface area contributed by atoms with Crippen molar-refractivity contribution in [2.24, 2.45) is 0 Å². The number of rotatable bonds is 5. The van der Waals surface area contributed by atoms with Gasteiger partial charge in [0.2, 0.25) is 10.4 Å². The molecule has 2 aromatic carbocycles. The molecule has 41 heavy (non-hydrogen) atoms. The van der Waals surface area contributed by atoms with Crippen LogP contribution in [0, 0.1) is 5.82 Å². The summed E-state index contributed by atoms with van der Waals surface area (Å²) in [6, 6.07) is 9.50. The van der Waals surface area contributed by atoms with Gasteiger partial charge in [0.05, 0.1) is 26.9 Å². The van der Waals surface area contributed by atoms with Crippen molar-refractivity contribution in [3.05, 3.63) is 84.6 Å². The smallest absolute Gasteiger partial charge is 0.335 e. The van der Waals surface area contributed by atoms with Gasteiger partial charge in [-0.2, -0.15) is 9.50 Å². The predicted molar refractivity (Wildman–Crippen MR) is 154 cm³/mol. The Labute approximate surface area is 236 Å². The lowest BCUT2D eigenvalue weighted by Gasteiger charge is -2.34. The van der Waals surface area contributed by atoms with Gasteiger partial charge in [-0.05, 0) is 55.8 Å². The van der Waals surface area contributed by atoms with E-state index in [9.17, 15) is 14.4 Å². The van der Waals surface area contributed by atoms with Gasteiger partial charge in [-0.25, -0.2) is 9.18 Å². The number of hydrogen-bond donors (Lipinski definition) is 1. The molecular formula is C29H25FN6O4S. The van der Waals surface area contributed by atoms with Crippen molar-refractivity contribution in [1.29, 1.82) is 0 Å². The molecule has 208 valence electrons. The summed E-state index contributed by atoms with van der Waals surface area (Å²) in [7, 11) is 2.05. The molecule has 1 aliphatic carbocycles. The number of carboxylic acid groups (broad SMARTS) is 1. The van der Waals surface area contributed by atoms with Gasteiger partial charge in [-0.1, -0.05) is 23.5 Å². The third-order valence-corrected chi connectivity index (χ3v) is 8.72. The van der Waals surface area contributed by atoms with Crippen molar-refractivity contribution < 1.29 is 14.3 Å². The number of hydrogen-bond acceptors (Lipinski definition) is 8. The van der Waals surface area contributed by atoms with Crippen LogP contribution in [0.1, 0.15) is 34.8 Å². The van der Waals surface area contributed by atoms with Gasteiger partial charge >= 0.3 is 5.97 Å². The first-order valence-corrected chi connectivity index (χ1v) is 14.2. The molecule has 2 fully saturated rings. The monoisotopic (exact) mass is 572 g/mol. The van der Waals surface area contributed by atoms with Gasteiger partial charge in [-0.3, -0.25) is 9.59 Å². The summed E-state index contributed by atoms with van der Waals surface area (Å²) in [6.07, 6.45) is 5.31. The van der Waals surface area contributed by atoms with Gasteiger partial charge in [0, 0.05) is 43.8 Å². The Morgan fingerprint density at radius 1 is 1.10 bits per heavy atom. The van der Waals surface area contributed by atoms with E-state index in [-0.39, 0.29) is 33.8 Å². The van der Waals surface area contributed by atoms with Crippen LogP contribution in [0.2, 0.25) is 0 Å². The van der Waals surface area contributed by atoms with Crippen LogP contribution in [0.25, 0.3) is 33.3 Å². The van der Waals surface area contributed by atoms with Crippen LogP contribution in [0.4, 0.5) is 10.1 Å². The number of likely N-dealkylation sites (N-methyl/N-ethyl adjacent to an activating group) is 1. The Kier molecular flexibility index (Phi) is 5.98. The second-order valence-electron chi connectivity index (χ2n) is 10.6. The second-order valence-corrected chi connectivity index (χ2v) is 11.6. The van der Waals surface area contributed by atoms with Crippen LogP contribution >= 0.6 is 11.3 Å². The average Bonchev–Trinajstić information content (AvgIpc) is 3.66. The first kappa shape index (κ1) is 25.5. The molecule has 1 aliphatic heterocycles. The van der Waals surface area contributed by atoms with Crippen molar-refractivity contribution >= 4 is 44.9 Å². The Balaban J connectivity index is 1.30. The highest BCUT2D eigenvalue weighted by molar-refractivity contribution is 7.15. The van der Waals surface area contributed by atoms with E-state index in [0.717, 1.165) is 37.3 Å². The molecule has 1 saturated heterocycles. The van der Waals surface area contributed by atoms with E-state index in [1.165, 1.54) is 22.7 Å². The van der Waals surface area contributed by atoms with Gasteiger partial charge in [0.1, 0.15) is 5.82 Å². The fourth-order valence-electron chi connectivity index (χ4n) is 5.28. The zero-order valence-corrected chi connectivity index (χ0v) is 22.9. The second kappa shape index (κ2) is 9.60. The van der Waals surface area contributed by atoms with E-state index in [1.807, 2.05) is 16.5 Å². The predicted octanol–water partition coefficient (Wildman–Crippen LogP) is 2.60. The fourth-order valence-corrected chi connectivity index (χ4v) is 6.19. The molecule has 4 heterocycles. The number of carboxylic acids is 1. The standard InChI is InChI=1S/C29H25FN6O4S/c1-33-8-10-34(11-9-33)23-14-22-19(13-21(23)30)25(37)20(15-35(22)18-6-7-18)26-31-29-36(32-26)27(38)24(41-29)12-16-2-4-17(5-3-16)28(39)40/h2-5,12-15,18H,6-11H2,1H3,(H,39,40)/b24-12-. The minimum Gasteiger partial charge on any atom is -0.478 e. The topological polar surface area (TPSA) is 113 Å². The number of aromatic nitrogens is 4. The molecule has 0 radical (unpaired) electrons. The molecule has 0 amide bonds. The molecule has 12 heteroatoms. The van der Waals surface area contributed by atoms with Crippen LogP contribution < -0.4 is 20.4 Å². The number of fused-ring (bicyclic) bond motifs is 2. The van der Waals surface area contributed by atoms with Crippen LogP contribution in [0.15, 0.2) is 52.2 Å². The maximum Gasteiger partial charge on any atom is 0.335 e. The number of piperazine rings is 1. The summed E-state index contributed by atoms with van der Waals surface area (Å²) in [5, 5.41) is 13.7. The SMILES string of the molecule is CN1CCN(c2cc3c(cc2F)c(=O)c(-c2nc4s/c(=C\c5ccc(C(=O)O)cc5)c(=O)n4n2)cn3C2CC2)CC1. The summed E-state index contributed by atoms with van der Waals surface area (Å²) < 4.78 is 19.0. The summed E-state index contributed by atoms with van der Waals surface area (Å²) in [5.74, 6) is -1.34. The maximum atomic E-state index is 15.4. The molecule has 1 N–H and O–H groups in total. The van der Waals surface area contributed by atoms with E-state index >= 15 is 4.39 Å². The zero-order chi connectivity index (χ0) is 28.4. The minimum absolute atomic E-state index is 0.121. The Morgan fingerprint density at radius 3 is 2.49 bits per heavy atom. The first-order valence-electron chi connectivity index (χ1n) is 13.3. The van der Waals surface area contributed by atoms with Crippen molar-refractivity contribution in [3.63, 3.8) is 0 Å². The van der Waals surface area contributed by atoms with Gasteiger partial charge in [0.25, 0.3) is 5.56 Å². The van der Waals surface area contributed by atoms with Crippen LogP contribution in [0.5, 0.6) is 0 Å². The van der Waals surface area contributed by atoms with E-state index < -0.39 is 17.3 Å². The lowest BCUT2D eigenvalue weighted by molar-refractivity contribution is 0.0697. The Morgan fingerprint density at radius 2 is 1.83 bits per heavy atom. The molecule has 7 rings (SSSR count). The fraction of sp³-hybridized carbons (Fsp3) is 0.276.